The van der Waals surface area contributed by atoms with Crippen molar-refractivity contribution in [3.8, 4) is 0 Å². The van der Waals surface area contributed by atoms with Gasteiger partial charge in [0.15, 0.2) is 6.29 Å². The van der Waals surface area contributed by atoms with Gasteiger partial charge in [-0.3, -0.25) is 4.79 Å². The number of fused-ring (bicyclic) bond motifs is 9. The second-order valence-corrected chi connectivity index (χ2v) is 19.0. The molecule has 0 unspecified atom stereocenters. The van der Waals surface area contributed by atoms with Crippen molar-refractivity contribution < 1.29 is 54.4 Å². The van der Waals surface area contributed by atoms with Crippen LogP contribution in [0.4, 0.5) is 0 Å². The average molecular weight is 721 g/mol. The number of carbonyl (C=O) groups excluding carboxylic acids is 1. The van der Waals surface area contributed by atoms with E-state index in [2.05, 4.69) is 40.7 Å². The summed E-state index contributed by atoms with van der Waals surface area (Å²) in [5.41, 5.74) is -2.28. The highest BCUT2D eigenvalue weighted by atomic mass is 16.7. The number of hydrogen-bond acceptors (Lipinski definition) is 11. The summed E-state index contributed by atoms with van der Waals surface area (Å²) in [7, 11) is 0. The lowest BCUT2D eigenvalue weighted by Crippen LogP contribution is -2.71. The number of aliphatic hydroxyl groups excluding tert-OH is 5. The number of allylic oxidation sites excluding steroid dienone is 1. The molecule has 51 heavy (non-hydrogen) atoms. The normalized spacial score (nSPS) is 56.7. The molecule has 2 aliphatic heterocycles. The molecule has 0 aromatic carbocycles. The van der Waals surface area contributed by atoms with Gasteiger partial charge in [-0.05, 0) is 98.7 Å². The Morgan fingerprint density at radius 3 is 2.33 bits per heavy atom. The van der Waals surface area contributed by atoms with Gasteiger partial charge in [0.05, 0.1) is 36.4 Å². The van der Waals surface area contributed by atoms with E-state index in [0.29, 0.717) is 44.6 Å². The van der Waals surface area contributed by atoms with Crippen LogP contribution in [0.1, 0.15) is 113 Å². The van der Waals surface area contributed by atoms with Gasteiger partial charge in [0.25, 0.3) is 0 Å². The number of esters is 1. The summed E-state index contributed by atoms with van der Waals surface area (Å²) >= 11 is 0. The number of carbonyl (C=O) groups is 1. The summed E-state index contributed by atoms with van der Waals surface area (Å²) < 4.78 is 24.4. The minimum atomic E-state index is -1.70. The summed E-state index contributed by atoms with van der Waals surface area (Å²) in [6.07, 6.45) is 0.863. The zero-order valence-electron chi connectivity index (χ0n) is 31.7. The molecule has 2 heterocycles. The van der Waals surface area contributed by atoms with E-state index in [0.717, 1.165) is 37.7 Å². The fraction of sp³-hybridized carbons (Fsp3) is 0.925. The number of aliphatic hydroxyl groups is 6. The molecule has 6 fully saturated rings. The minimum Gasteiger partial charge on any atom is -0.432 e. The molecule has 2 saturated heterocycles. The van der Waals surface area contributed by atoms with Crippen molar-refractivity contribution in [3.63, 3.8) is 0 Å². The fourth-order valence-corrected chi connectivity index (χ4v) is 13.4. The van der Waals surface area contributed by atoms with Crippen LogP contribution in [-0.2, 0) is 23.7 Å². The molecule has 6 N–H and O–H groups in total. The maximum atomic E-state index is 14.6. The monoisotopic (exact) mass is 720 g/mol. The van der Waals surface area contributed by atoms with E-state index in [1.807, 2.05) is 13.8 Å². The lowest BCUT2D eigenvalue weighted by atomic mass is 9.33. The molecule has 11 nitrogen and oxygen atoms in total. The first kappa shape index (κ1) is 38.1. The Hall–Kier alpha value is -1.15. The standard InChI is InChI=1S/C40H64O11/c1-8-9-27-48-20-36(4)25-13-14-38(6)26(35(25,3)18-23(42)32(36)50-27)11-10-22-31-39(7,47)21(2)12-15-40(31,17-16-37(22,38)5)34(46)51-33-30(45)29(44)28(43)24(19-41)49-33/h10,21,23-33,41-45,47H,8-9,11-20H2,1-7H3/t21-,23-,24-,25+,26-,27-,28-,29+,30-,31-,32+,33+,35+,36-,37+,38+,39+,40+/m0/s1. The van der Waals surface area contributed by atoms with Crippen LogP contribution < -0.4 is 0 Å². The quantitative estimate of drug-likeness (QED) is 0.181. The first-order valence-corrected chi connectivity index (χ1v) is 19.8. The van der Waals surface area contributed by atoms with Crippen molar-refractivity contribution in [2.24, 2.45) is 50.7 Å². The maximum Gasteiger partial charge on any atom is 0.315 e. The van der Waals surface area contributed by atoms with Crippen LogP contribution in [0.3, 0.4) is 0 Å². The Kier molecular flexibility index (Phi) is 9.50. The zero-order valence-corrected chi connectivity index (χ0v) is 31.7. The summed E-state index contributed by atoms with van der Waals surface area (Å²) in [5.74, 6) is -0.694. The molecule has 11 heteroatoms. The summed E-state index contributed by atoms with van der Waals surface area (Å²) in [4.78, 5) is 14.6. The average Bonchev–Trinajstić information content (AvgIpc) is 3.07. The largest absolute Gasteiger partial charge is 0.432 e. The third-order valence-corrected chi connectivity index (χ3v) is 16.7. The van der Waals surface area contributed by atoms with Gasteiger partial charge in [-0.1, -0.05) is 59.6 Å². The van der Waals surface area contributed by atoms with Crippen LogP contribution in [0, 0.1) is 50.7 Å². The van der Waals surface area contributed by atoms with E-state index in [4.69, 9.17) is 18.9 Å². The lowest BCUT2D eigenvalue weighted by Gasteiger charge is -2.72. The van der Waals surface area contributed by atoms with E-state index in [1.54, 1.807) is 0 Å². The van der Waals surface area contributed by atoms with Crippen molar-refractivity contribution in [1.29, 1.82) is 0 Å². The molecule has 0 aromatic rings. The van der Waals surface area contributed by atoms with Crippen LogP contribution in [0.25, 0.3) is 0 Å². The predicted molar refractivity (Wildman–Crippen MR) is 186 cm³/mol. The molecule has 7 rings (SSSR count). The highest BCUT2D eigenvalue weighted by Crippen LogP contribution is 2.76. The van der Waals surface area contributed by atoms with Gasteiger partial charge in [0.1, 0.15) is 24.4 Å². The Balaban J connectivity index is 1.24. The van der Waals surface area contributed by atoms with E-state index in [-0.39, 0.29) is 45.9 Å². The van der Waals surface area contributed by atoms with Crippen molar-refractivity contribution in [2.75, 3.05) is 13.2 Å². The Morgan fingerprint density at radius 1 is 0.922 bits per heavy atom. The molecule has 0 amide bonds. The van der Waals surface area contributed by atoms with Crippen LogP contribution in [0.15, 0.2) is 11.6 Å². The molecule has 290 valence electrons. The summed E-state index contributed by atoms with van der Waals surface area (Å²) in [6, 6.07) is 0. The van der Waals surface area contributed by atoms with Crippen molar-refractivity contribution in [3.05, 3.63) is 11.6 Å². The summed E-state index contributed by atoms with van der Waals surface area (Å²) in [5, 5.41) is 65.6. The topological polar surface area (TPSA) is 175 Å². The third kappa shape index (κ3) is 5.18. The van der Waals surface area contributed by atoms with Crippen molar-refractivity contribution in [1.82, 2.24) is 0 Å². The van der Waals surface area contributed by atoms with Gasteiger partial charge in [0.2, 0.25) is 6.29 Å². The number of rotatable bonds is 5. The molecular weight excluding hydrogens is 656 g/mol. The van der Waals surface area contributed by atoms with Gasteiger partial charge in [-0.25, -0.2) is 0 Å². The molecule has 0 radical (unpaired) electrons. The van der Waals surface area contributed by atoms with E-state index < -0.39 is 66.3 Å². The van der Waals surface area contributed by atoms with Gasteiger partial charge < -0.3 is 49.6 Å². The Labute approximate surface area is 303 Å². The first-order valence-electron chi connectivity index (χ1n) is 19.8. The molecule has 4 saturated carbocycles. The number of ether oxygens (including phenoxy) is 4. The highest BCUT2D eigenvalue weighted by molar-refractivity contribution is 5.79. The molecule has 18 atom stereocenters. The van der Waals surface area contributed by atoms with Gasteiger partial charge >= 0.3 is 5.97 Å². The second-order valence-electron chi connectivity index (χ2n) is 19.0. The lowest BCUT2D eigenvalue weighted by molar-refractivity contribution is -0.337. The van der Waals surface area contributed by atoms with Gasteiger partial charge in [-0.2, -0.15) is 0 Å². The van der Waals surface area contributed by atoms with Crippen LogP contribution in [0.2, 0.25) is 0 Å². The van der Waals surface area contributed by atoms with Gasteiger partial charge in [-0.15, -0.1) is 0 Å². The van der Waals surface area contributed by atoms with E-state index in [1.165, 1.54) is 0 Å². The molecular formula is C40H64O11. The molecule has 0 bridgehead atoms. The molecule has 0 spiro atoms. The Bertz CT molecular complexity index is 1380. The molecule has 0 aromatic heterocycles. The third-order valence-electron chi connectivity index (χ3n) is 16.7. The summed E-state index contributed by atoms with van der Waals surface area (Å²) in [6.45, 7) is 15.4. The number of hydrogen-bond donors (Lipinski definition) is 6. The molecule has 7 aliphatic rings. The minimum absolute atomic E-state index is 0.0917. The fourth-order valence-electron chi connectivity index (χ4n) is 13.4. The van der Waals surface area contributed by atoms with E-state index >= 15 is 0 Å². The Morgan fingerprint density at radius 2 is 1.65 bits per heavy atom. The molecule has 5 aliphatic carbocycles. The maximum absolute atomic E-state index is 14.6. The van der Waals surface area contributed by atoms with Crippen LogP contribution in [0.5, 0.6) is 0 Å². The van der Waals surface area contributed by atoms with Crippen molar-refractivity contribution >= 4 is 5.97 Å². The first-order chi connectivity index (χ1) is 23.9. The highest BCUT2D eigenvalue weighted by Gasteiger charge is 2.73. The SMILES string of the molecule is CCC[C@H]1OC[C@@]2(C)[C@@H]3CC[C@]4(C)[C@@H](CC=C5[C@@H]6[C@@](C(=O)O[C@H]7O[C@@H](CO)[C@H](O)[C@@H](O)[C@@H]7O)(CC[C@H](C)[C@@]6(C)O)CC[C@]54C)[C@]3(C)C[C@H](O)[C@H]2O1. The van der Waals surface area contributed by atoms with Gasteiger partial charge in [0, 0.05) is 11.3 Å². The van der Waals surface area contributed by atoms with Crippen LogP contribution >= 0.6 is 0 Å². The van der Waals surface area contributed by atoms with Crippen molar-refractivity contribution in [2.45, 2.75) is 167 Å². The van der Waals surface area contributed by atoms with Crippen LogP contribution in [-0.4, -0.2) is 105 Å². The smallest absolute Gasteiger partial charge is 0.315 e. The zero-order chi connectivity index (χ0) is 37.1. The second kappa shape index (κ2) is 12.7. The van der Waals surface area contributed by atoms with E-state index in [9.17, 15) is 35.4 Å². The predicted octanol–water partition coefficient (Wildman–Crippen LogP) is 3.59.